The summed E-state index contributed by atoms with van der Waals surface area (Å²) in [6.45, 7) is 7.56. The molecule has 1 fully saturated rings. The molecule has 0 amide bonds. The van der Waals surface area contributed by atoms with E-state index in [0.717, 1.165) is 39.0 Å². The van der Waals surface area contributed by atoms with Crippen LogP contribution in [0.5, 0.6) is 0 Å². The molecule has 0 unspecified atom stereocenters. The molecular weight excluding hydrogens is 286 g/mol. The van der Waals surface area contributed by atoms with Gasteiger partial charge in [-0.25, -0.2) is 0 Å². The quantitative estimate of drug-likeness (QED) is 0.785. The highest BCUT2D eigenvalue weighted by Gasteiger charge is 2.38. The summed E-state index contributed by atoms with van der Waals surface area (Å²) in [7, 11) is 1.80. The normalized spacial score (nSPS) is 19.3. The van der Waals surface area contributed by atoms with Crippen LogP contribution in [-0.2, 0) is 16.8 Å². The Morgan fingerprint density at radius 2 is 2.04 bits per heavy atom. The molecule has 0 aliphatic carbocycles. The summed E-state index contributed by atoms with van der Waals surface area (Å²) < 4.78 is 6.19. The van der Waals surface area contributed by atoms with E-state index >= 15 is 0 Å². The fourth-order valence-electron chi connectivity index (χ4n) is 3.40. The number of rotatable bonds is 2. The molecule has 2 heterocycles. The predicted octanol–water partition coefficient (Wildman–Crippen LogP) is 2.60. The molecule has 23 heavy (non-hydrogen) atoms. The molecule has 0 bridgehead atoms. The van der Waals surface area contributed by atoms with Crippen LogP contribution in [-0.4, -0.2) is 26.7 Å². The lowest BCUT2D eigenvalue weighted by atomic mass is 9.79. The van der Waals surface area contributed by atoms with Crippen LogP contribution in [0.25, 0.3) is 0 Å². The lowest BCUT2D eigenvalue weighted by Crippen LogP contribution is -2.44. The maximum absolute atomic E-state index is 6.19. The van der Waals surface area contributed by atoms with E-state index in [9.17, 15) is 0 Å². The maximum Gasteiger partial charge on any atom is 0.0958 e. The SMILES string of the molecule is CC(C)c1ccc2c(c1)CCOC21CCNCC1.CN/C=C\N. The summed E-state index contributed by atoms with van der Waals surface area (Å²) in [6, 6.07) is 7.03. The van der Waals surface area contributed by atoms with Crippen molar-refractivity contribution in [2.45, 2.75) is 44.6 Å². The highest BCUT2D eigenvalue weighted by atomic mass is 16.5. The monoisotopic (exact) mass is 317 g/mol. The zero-order valence-electron chi connectivity index (χ0n) is 14.7. The van der Waals surface area contributed by atoms with Crippen LogP contribution in [0.3, 0.4) is 0 Å². The second kappa shape index (κ2) is 8.37. The molecule has 0 saturated carbocycles. The minimum atomic E-state index is 0.00828. The lowest BCUT2D eigenvalue weighted by Gasteiger charge is -2.42. The second-order valence-electron chi connectivity index (χ2n) is 6.56. The van der Waals surface area contributed by atoms with E-state index in [1.165, 1.54) is 22.9 Å². The predicted molar refractivity (Wildman–Crippen MR) is 96.4 cm³/mol. The molecule has 4 N–H and O–H groups in total. The first kappa shape index (κ1) is 17.8. The summed E-state index contributed by atoms with van der Waals surface area (Å²) in [6.07, 6.45) is 6.40. The summed E-state index contributed by atoms with van der Waals surface area (Å²) >= 11 is 0. The largest absolute Gasteiger partial charge is 0.403 e. The number of hydrogen-bond donors (Lipinski definition) is 3. The molecule has 0 aromatic heterocycles. The Kier molecular flexibility index (Phi) is 6.48. The Bertz CT molecular complexity index is 519. The molecule has 2 aliphatic heterocycles. The van der Waals surface area contributed by atoms with E-state index in [4.69, 9.17) is 10.5 Å². The minimum absolute atomic E-state index is 0.00828. The van der Waals surface area contributed by atoms with E-state index in [-0.39, 0.29) is 5.60 Å². The number of nitrogens with one attached hydrogen (secondary N) is 2. The van der Waals surface area contributed by atoms with Crippen molar-refractivity contribution in [2.75, 3.05) is 26.7 Å². The summed E-state index contributed by atoms with van der Waals surface area (Å²) in [4.78, 5) is 0. The summed E-state index contributed by atoms with van der Waals surface area (Å²) in [5, 5.41) is 6.15. The van der Waals surface area contributed by atoms with Gasteiger partial charge in [-0.05, 0) is 55.0 Å². The third-order valence-corrected chi connectivity index (χ3v) is 4.71. The van der Waals surface area contributed by atoms with Gasteiger partial charge in [-0.3, -0.25) is 0 Å². The molecule has 4 nitrogen and oxygen atoms in total. The molecule has 1 aromatic carbocycles. The third kappa shape index (κ3) is 4.27. The van der Waals surface area contributed by atoms with Crippen LogP contribution >= 0.6 is 0 Å². The Balaban J connectivity index is 0.000000338. The van der Waals surface area contributed by atoms with Gasteiger partial charge >= 0.3 is 0 Å². The smallest absolute Gasteiger partial charge is 0.0958 e. The molecule has 128 valence electrons. The van der Waals surface area contributed by atoms with E-state index in [1.54, 1.807) is 13.2 Å². The summed E-state index contributed by atoms with van der Waals surface area (Å²) in [5.74, 6) is 0.613. The van der Waals surface area contributed by atoms with Gasteiger partial charge in [-0.2, -0.15) is 0 Å². The van der Waals surface area contributed by atoms with Crippen molar-refractivity contribution in [3.63, 3.8) is 0 Å². The van der Waals surface area contributed by atoms with E-state index in [2.05, 4.69) is 42.7 Å². The summed E-state index contributed by atoms with van der Waals surface area (Å²) in [5.41, 5.74) is 9.34. The van der Waals surface area contributed by atoms with E-state index in [1.807, 2.05) is 0 Å². The molecule has 0 radical (unpaired) electrons. The highest BCUT2D eigenvalue weighted by molar-refractivity contribution is 5.39. The van der Waals surface area contributed by atoms with Crippen LogP contribution < -0.4 is 16.4 Å². The van der Waals surface area contributed by atoms with Gasteiger partial charge < -0.3 is 21.1 Å². The second-order valence-corrected chi connectivity index (χ2v) is 6.56. The maximum atomic E-state index is 6.19. The van der Waals surface area contributed by atoms with Crippen molar-refractivity contribution in [1.29, 1.82) is 0 Å². The van der Waals surface area contributed by atoms with Crippen molar-refractivity contribution in [2.24, 2.45) is 5.73 Å². The van der Waals surface area contributed by atoms with Gasteiger partial charge in [0.2, 0.25) is 0 Å². The first-order valence-electron chi connectivity index (χ1n) is 8.65. The van der Waals surface area contributed by atoms with Crippen molar-refractivity contribution >= 4 is 0 Å². The number of fused-ring (bicyclic) bond motifs is 2. The topological polar surface area (TPSA) is 59.3 Å². The van der Waals surface area contributed by atoms with Crippen LogP contribution in [0.2, 0.25) is 0 Å². The Morgan fingerprint density at radius 3 is 2.61 bits per heavy atom. The highest BCUT2D eigenvalue weighted by Crippen LogP contribution is 2.40. The molecule has 1 aromatic rings. The van der Waals surface area contributed by atoms with Crippen molar-refractivity contribution in [3.05, 3.63) is 47.3 Å². The number of hydrogen-bond acceptors (Lipinski definition) is 4. The fourth-order valence-corrected chi connectivity index (χ4v) is 3.40. The van der Waals surface area contributed by atoms with Crippen LogP contribution in [0.4, 0.5) is 0 Å². The molecule has 1 spiro atoms. The first-order valence-corrected chi connectivity index (χ1v) is 8.65. The van der Waals surface area contributed by atoms with Gasteiger partial charge in [-0.15, -0.1) is 0 Å². The van der Waals surface area contributed by atoms with Crippen molar-refractivity contribution in [1.82, 2.24) is 10.6 Å². The number of nitrogens with two attached hydrogens (primary N) is 1. The average Bonchev–Trinajstić information content (AvgIpc) is 2.57. The van der Waals surface area contributed by atoms with Gasteiger partial charge in [0.25, 0.3) is 0 Å². The number of piperidine rings is 1. The molecule has 1 saturated heterocycles. The van der Waals surface area contributed by atoms with Crippen molar-refractivity contribution < 1.29 is 4.74 Å². The standard InChI is InChI=1S/C16H23NO.C3H8N2/c1-12(2)13-3-4-15-14(11-13)5-10-18-16(15)6-8-17-9-7-16;1-5-3-2-4/h3-4,11-12,17H,5-10H2,1-2H3;2-3,5H,4H2,1H3/b;3-2-. The van der Waals surface area contributed by atoms with Gasteiger partial charge in [0.15, 0.2) is 0 Å². The lowest BCUT2D eigenvalue weighted by molar-refractivity contribution is -0.0802. The van der Waals surface area contributed by atoms with Crippen LogP contribution in [0.15, 0.2) is 30.6 Å². The fraction of sp³-hybridized carbons (Fsp3) is 0.579. The Morgan fingerprint density at radius 1 is 1.30 bits per heavy atom. The molecule has 0 atom stereocenters. The molecule has 4 heteroatoms. The third-order valence-electron chi connectivity index (χ3n) is 4.71. The van der Waals surface area contributed by atoms with E-state index < -0.39 is 0 Å². The van der Waals surface area contributed by atoms with E-state index in [0.29, 0.717) is 5.92 Å². The Labute approximate surface area is 140 Å². The van der Waals surface area contributed by atoms with Gasteiger partial charge in [0, 0.05) is 19.4 Å². The zero-order valence-corrected chi connectivity index (χ0v) is 14.7. The molecule has 2 aliphatic rings. The average molecular weight is 317 g/mol. The number of benzene rings is 1. The van der Waals surface area contributed by atoms with Crippen LogP contribution in [0, 0.1) is 0 Å². The van der Waals surface area contributed by atoms with Crippen LogP contribution in [0.1, 0.15) is 49.3 Å². The molecule has 3 rings (SSSR count). The zero-order chi connectivity index (χ0) is 16.7. The first-order chi connectivity index (χ1) is 11.1. The number of ether oxygens (including phenoxy) is 1. The van der Waals surface area contributed by atoms with Crippen molar-refractivity contribution in [3.8, 4) is 0 Å². The van der Waals surface area contributed by atoms with Gasteiger partial charge in [-0.1, -0.05) is 32.0 Å². The minimum Gasteiger partial charge on any atom is -0.403 e. The molecular formula is C19H31N3O. The van der Waals surface area contributed by atoms with Gasteiger partial charge in [0.05, 0.1) is 12.2 Å². The van der Waals surface area contributed by atoms with Gasteiger partial charge in [0.1, 0.15) is 0 Å². The Hall–Kier alpha value is -1.52.